The molecule has 0 rings (SSSR count). The fourth-order valence-corrected chi connectivity index (χ4v) is 2.84. The second kappa shape index (κ2) is 15.8. The van der Waals surface area contributed by atoms with Gasteiger partial charge in [-0.05, 0) is 13.3 Å². The number of hydrogen-bond donors (Lipinski definition) is 5. The van der Waals surface area contributed by atoms with Gasteiger partial charge in [-0.1, -0.05) is 65.2 Å². The van der Waals surface area contributed by atoms with Crippen molar-refractivity contribution in [1.29, 1.82) is 0 Å². The van der Waals surface area contributed by atoms with Crippen molar-refractivity contribution in [3.05, 3.63) is 11.5 Å². The molecule has 0 saturated heterocycles. The van der Waals surface area contributed by atoms with E-state index in [0.717, 1.165) is 19.3 Å². The van der Waals surface area contributed by atoms with Crippen LogP contribution in [0.1, 0.15) is 91.4 Å². The standard InChI is InChI=1S/C21H38N2O6/c1-4-6-7-8-9-10-11-12-13-14-17(26)22-19(16(25)5-2)20(27)23-18(15(3)24)21(28)29/h15,18,24-25H,4-14H2,1-3H3,(H,22,26)(H,23,27)(H,28,29)/b19-16+. The third kappa shape index (κ3) is 12.2. The molecule has 168 valence electrons. The summed E-state index contributed by atoms with van der Waals surface area (Å²) in [6.45, 7) is 5.01. The lowest BCUT2D eigenvalue weighted by Crippen LogP contribution is -2.50. The third-order valence-electron chi connectivity index (χ3n) is 4.66. The highest BCUT2D eigenvalue weighted by Gasteiger charge is 2.28. The van der Waals surface area contributed by atoms with Crippen molar-refractivity contribution in [2.75, 3.05) is 0 Å². The van der Waals surface area contributed by atoms with Gasteiger partial charge in [0.15, 0.2) is 6.04 Å². The number of carbonyl (C=O) groups is 3. The number of rotatable bonds is 16. The smallest absolute Gasteiger partial charge is 0.328 e. The van der Waals surface area contributed by atoms with Crippen LogP contribution in [0, 0.1) is 0 Å². The number of carboxylic acid groups (broad SMARTS) is 1. The summed E-state index contributed by atoms with van der Waals surface area (Å²) in [5.41, 5.74) is -0.375. The molecule has 2 atom stereocenters. The van der Waals surface area contributed by atoms with E-state index in [0.29, 0.717) is 6.42 Å². The van der Waals surface area contributed by atoms with Crippen LogP contribution >= 0.6 is 0 Å². The molecule has 2 unspecified atom stereocenters. The van der Waals surface area contributed by atoms with E-state index in [4.69, 9.17) is 5.11 Å². The number of carbonyl (C=O) groups excluding carboxylic acids is 2. The Morgan fingerprint density at radius 3 is 1.83 bits per heavy atom. The van der Waals surface area contributed by atoms with Gasteiger partial charge in [0.1, 0.15) is 11.5 Å². The molecule has 2 amide bonds. The lowest BCUT2D eigenvalue weighted by Gasteiger charge is -2.19. The van der Waals surface area contributed by atoms with Crippen LogP contribution < -0.4 is 10.6 Å². The molecule has 0 fully saturated rings. The Labute approximate surface area is 173 Å². The average Bonchev–Trinajstić information content (AvgIpc) is 2.67. The van der Waals surface area contributed by atoms with Gasteiger partial charge in [-0.15, -0.1) is 0 Å². The van der Waals surface area contributed by atoms with Crippen LogP contribution in [0.5, 0.6) is 0 Å². The van der Waals surface area contributed by atoms with E-state index in [-0.39, 0.29) is 24.3 Å². The number of aliphatic hydroxyl groups is 2. The lowest BCUT2D eigenvalue weighted by molar-refractivity contribution is -0.144. The Hall–Kier alpha value is -2.09. The number of aliphatic hydroxyl groups excluding tert-OH is 2. The maximum absolute atomic E-state index is 12.3. The van der Waals surface area contributed by atoms with E-state index >= 15 is 0 Å². The van der Waals surface area contributed by atoms with Gasteiger partial charge in [-0.25, -0.2) is 4.79 Å². The molecule has 0 bridgehead atoms. The van der Waals surface area contributed by atoms with E-state index in [2.05, 4.69) is 17.6 Å². The highest BCUT2D eigenvalue weighted by atomic mass is 16.4. The molecule has 0 aliphatic rings. The SMILES string of the molecule is CCCCCCCCCCCC(=O)N/C(C(=O)NC(C(=O)O)C(C)O)=C(/O)CC. The minimum atomic E-state index is -1.55. The summed E-state index contributed by atoms with van der Waals surface area (Å²) >= 11 is 0. The van der Waals surface area contributed by atoms with E-state index in [1.165, 1.54) is 39.0 Å². The normalized spacial score (nSPS) is 13.9. The molecule has 8 heteroatoms. The number of aliphatic carboxylic acids is 1. The Kier molecular flexibility index (Phi) is 14.7. The Morgan fingerprint density at radius 1 is 0.862 bits per heavy atom. The van der Waals surface area contributed by atoms with Crippen molar-refractivity contribution >= 4 is 17.8 Å². The molecule has 0 aromatic carbocycles. The molecule has 29 heavy (non-hydrogen) atoms. The molecule has 0 aromatic heterocycles. The molecule has 0 heterocycles. The highest BCUT2D eigenvalue weighted by Crippen LogP contribution is 2.11. The van der Waals surface area contributed by atoms with Crippen molar-refractivity contribution < 1.29 is 29.7 Å². The van der Waals surface area contributed by atoms with Gasteiger partial charge in [0.25, 0.3) is 5.91 Å². The van der Waals surface area contributed by atoms with Crippen molar-refractivity contribution in [3.63, 3.8) is 0 Å². The van der Waals surface area contributed by atoms with Gasteiger partial charge in [0.2, 0.25) is 5.91 Å². The molecule has 0 radical (unpaired) electrons. The molecule has 0 aromatic rings. The minimum Gasteiger partial charge on any atom is -0.510 e. The number of hydrogen-bond acceptors (Lipinski definition) is 5. The molecule has 5 N–H and O–H groups in total. The van der Waals surface area contributed by atoms with Gasteiger partial charge in [-0.3, -0.25) is 9.59 Å². The van der Waals surface area contributed by atoms with E-state index in [9.17, 15) is 24.6 Å². The first kappa shape index (κ1) is 26.9. The Bertz CT molecular complexity index is 545. The molecule has 0 spiro atoms. The van der Waals surface area contributed by atoms with Crippen LogP contribution in [0.25, 0.3) is 0 Å². The first-order chi connectivity index (χ1) is 13.7. The number of unbranched alkanes of at least 4 members (excludes halogenated alkanes) is 8. The summed E-state index contributed by atoms with van der Waals surface area (Å²) in [7, 11) is 0. The summed E-state index contributed by atoms with van der Waals surface area (Å²) in [6, 6.07) is -1.55. The van der Waals surface area contributed by atoms with E-state index in [1.807, 2.05) is 0 Å². The molecular weight excluding hydrogens is 376 g/mol. The minimum absolute atomic E-state index is 0.0908. The predicted octanol–water partition coefficient (Wildman–Crippen LogP) is 3.15. The summed E-state index contributed by atoms with van der Waals surface area (Å²) in [4.78, 5) is 35.6. The molecule has 8 nitrogen and oxygen atoms in total. The van der Waals surface area contributed by atoms with Gasteiger partial charge in [0, 0.05) is 12.8 Å². The maximum atomic E-state index is 12.3. The summed E-state index contributed by atoms with van der Waals surface area (Å²) in [6.07, 6.45) is 8.98. The van der Waals surface area contributed by atoms with Gasteiger partial charge in [-0.2, -0.15) is 0 Å². The predicted molar refractivity (Wildman–Crippen MR) is 111 cm³/mol. The molecular formula is C21H38N2O6. The Balaban J connectivity index is 4.46. The van der Waals surface area contributed by atoms with Crippen LogP contribution in [-0.4, -0.2) is 45.2 Å². The first-order valence-electron chi connectivity index (χ1n) is 10.7. The van der Waals surface area contributed by atoms with Crippen LogP contribution in [-0.2, 0) is 14.4 Å². The number of allylic oxidation sites excluding steroid dienone is 1. The van der Waals surface area contributed by atoms with Crippen molar-refractivity contribution in [2.24, 2.45) is 0 Å². The molecule has 0 saturated carbocycles. The number of amides is 2. The number of nitrogens with one attached hydrogen (secondary N) is 2. The van der Waals surface area contributed by atoms with Crippen LogP contribution in [0.2, 0.25) is 0 Å². The first-order valence-corrected chi connectivity index (χ1v) is 10.7. The largest absolute Gasteiger partial charge is 0.510 e. The topological polar surface area (TPSA) is 136 Å². The van der Waals surface area contributed by atoms with Crippen molar-refractivity contribution in [3.8, 4) is 0 Å². The van der Waals surface area contributed by atoms with Crippen molar-refractivity contribution in [2.45, 2.75) is 104 Å². The van der Waals surface area contributed by atoms with E-state index in [1.54, 1.807) is 6.92 Å². The third-order valence-corrected chi connectivity index (χ3v) is 4.66. The van der Waals surface area contributed by atoms with E-state index < -0.39 is 29.9 Å². The van der Waals surface area contributed by atoms with Crippen molar-refractivity contribution in [1.82, 2.24) is 10.6 Å². The second-order valence-corrected chi connectivity index (χ2v) is 7.33. The fraction of sp³-hybridized carbons (Fsp3) is 0.762. The lowest BCUT2D eigenvalue weighted by atomic mass is 10.1. The maximum Gasteiger partial charge on any atom is 0.328 e. The zero-order chi connectivity index (χ0) is 22.2. The van der Waals surface area contributed by atoms with Crippen LogP contribution in [0.4, 0.5) is 0 Å². The van der Waals surface area contributed by atoms with Gasteiger partial charge >= 0.3 is 5.97 Å². The summed E-state index contributed by atoms with van der Waals surface area (Å²) in [5.74, 6) is -3.12. The summed E-state index contributed by atoms with van der Waals surface area (Å²) < 4.78 is 0. The van der Waals surface area contributed by atoms with Crippen LogP contribution in [0.15, 0.2) is 11.5 Å². The zero-order valence-electron chi connectivity index (χ0n) is 18.0. The van der Waals surface area contributed by atoms with Gasteiger partial charge in [0.05, 0.1) is 6.10 Å². The molecule has 0 aliphatic carbocycles. The Morgan fingerprint density at radius 2 is 1.38 bits per heavy atom. The summed E-state index contributed by atoms with van der Waals surface area (Å²) in [5, 5.41) is 33.0. The monoisotopic (exact) mass is 414 g/mol. The van der Waals surface area contributed by atoms with Gasteiger partial charge < -0.3 is 26.0 Å². The zero-order valence-corrected chi connectivity index (χ0v) is 18.0. The second-order valence-electron chi connectivity index (χ2n) is 7.33. The quantitative estimate of drug-likeness (QED) is 0.149. The molecule has 0 aliphatic heterocycles. The highest BCUT2D eigenvalue weighted by molar-refractivity contribution is 5.99. The van der Waals surface area contributed by atoms with Crippen LogP contribution in [0.3, 0.4) is 0 Å². The number of carboxylic acids is 1. The fourth-order valence-electron chi connectivity index (χ4n) is 2.84. The average molecular weight is 415 g/mol.